The van der Waals surface area contributed by atoms with Gasteiger partial charge < -0.3 is 21.2 Å². The monoisotopic (exact) mass is 454 g/mol. The number of ether oxygens (including phenoxy) is 1. The predicted molar refractivity (Wildman–Crippen MR) is 117 cm³/mol. The zero-order valence-corrected chi connectivity index (χ0v) is 18.5. The highest BCUT2D eigenvalue weighted by molar-refractivity contribution is 7.81. The van der Waals surface area contributed by atoms with Gasteiger partial charge in [-0.15, -0.1) is 0 Å². The van der Waals surface area contributed by atoms with Gasteiger partial charge in [-0.2, -0.15) is 0 Å². The third-order valence-corrected chi connectivity index (χ3v) is 6.17. The van der Waals surface area contributed by atoms with Crippen LogP contribution in [0.5, 0.6) is 5.75 Å². The zero-order chi connectivity index (χ0) is 22.0. The van der Waals surface area contributed by atoms with Crippen molar-refractivity contribution in [3.8, 4) is 5.75 Å². The summed E-state index contributed by atoms with van der Waals surface area (Å²) in [5.41, 5.74) is 7.42. The molecular formula is C19H24ClFN6O2S. The largest absolute Gasteiger partial charge is 0.493 e. The lowest BCUT2D eigenvalue weighted by atomic mass is 10.0. The molecule has 0 aliphatic carbocycles. The van der Waals surface area contributed by atoms with Crippen LogP contribution in [0.4, 0.5) is 16.0 Å². The molecular weight excluding hydrogens is 431 g/mol. The van der Waals surface area contributed by atoms with Crippen molar-refractivity contribution in [1.82, 2.24) is 14.3 Å². The Hall–Kier alpha value is -2.30. The molecule has 0 radical (unpaired) electrons. The van der Waals surface area contributed by atoms with Crippen LogP contribution in [0.2, 0.25) is 5.02 Å². The minimum Gasteiger partial charge on any atom is -0.493 e. The zero-order valence-electron chi connectivity index (χ0n) is 17.0. The second-order valence-corrected chi connectivity index (χ2v) is 8.80. The van der Waals surface area contributed by atoms with E-state index in [9.17, 15) is 8.60 Å². The number of nitrogens with one attached hydrogen (secondary N) is 2. The number of halogens is 2. The standard InChI is InChI=1S/C19H24ClFN6O2S/c1-10(22)15-18(23)24-9-25-19(15)26-11(2)12-7-14(20)16(21)13-8-27(30(3)28)5-4-6-29-17(12)13/h7,9,11,22H,4-6,8H2,1-3H3,(H3,23,24,25,26). The summed E-state index contributed by atoms with van der Waals surface area (Å²) in [6.45, 7) is 4.45. The molecule has 30 heavy (non-hydrogen) atoms. The quantitative estimate of drug-likeness (QED) is 0.597. The highest BCUT2D eigenvalue weighted by Crippen LogP contribution is 2.38. The molecule has 2 heterocycles. The van der Waals surface area contributed by atoms with Crippen LogP contribution in [0.1, 0.15) is 43.0 Å². The highest BCUT2D eigenvalue weighted by atomic mass is 35.5. The van der Waals surface area contributed by atoms with E-state index in [-0.39, 0.29) is 28.7 Å². The van der Waals surface area contributed by atoms with E-state index in [1.54, 1.807) is 17.5 Å². The summed E-state index contributed by atoms with van der Waals surface area (Å²) in [7, 11) is -1.25. The lowest BCUT2D eigenvalue weighted by Crippen LogP contribution is -2.30. The van der Waals surface area contributed by atoms with Gasteiger partial charge >= 0.3 is 0 Å². The van der Waals surface area contributed by atoms with Crippen molar-refractivity contribution in [3.63, 3.8) is 0 Å². The van der Waals surface area contributed by atoms with E-state index in [0.29, 0.717) is 42.3 Å². The number of benzene rings is 1. The number of hydrogen-bond acceptors (Lipinski definition) is 7. The van der Waals surface area contributed by atoms with Gasteiger partial charge in [0.15, 0.2) is 0 Å². The Morgan fingerprint density at radius 1 is 1.50 bits per heavy atom. The summed E-state index contributed by atoms with van der Waals surface area (Å²) >= 11 is 6.19. The van der Waals surface area contributed by atoms with Gasteiger partial charge in [-0.3, -0.25) is 0 Å². The van der Waals surface area contributed by atoms with E-state index in [1.165, 1.54) is 12.4 Å². The van der Waals surface area contributed by atoms with E-state index in [4.69, 9.17) is 27.5 Å². The van der Waals surface area contributed by atoms with Crippen LogP contribution in [-0.2, 0) is 17.5 Å². The molecule has 1 aliphatic rings. The number of nitrogen functional groups attached to an aromatic ring is 1. The van der Waals surface area contributed by atoms with Crippen molar-refractivity contribution in [3.05, 3.63) is 39.9 Å². The first-order valence-corrected chi connectivity index (χ1v) is 11.2. The molecule has 0 spiro atoms. The van der Waals surface area contributed by atoms with Crippen LogP contribution in [0.25, 0.3) is 0 Å². The van der Waals surface area contributed by atoms with E-state index in [1.807, 2.05) is 6.92 Å². The highest BCUT2D eigenvalue weighted by Gasteiger charge is 2.27. The summed E-state index contributed by atoms with van der Waals surface area (Å²) in [4.78, 5) is 8.15. The van der Waals surface area contributed by atoms with Crippen LogP contribution in [0.15, 0.2) is 12.4 Å². The average molecular weight is 455 g/mol. The van der Waals surface area contributed by atoms with Crippen molar-refractivity contribution in [2.75, 3.05) is 30.5 Å². The molecule has 2 unspecified atom stereocenters. The summed E-state index contributed by atoms with van der Waals surface area (Å²) in [5.74, 6) is 0.375. The first-order valence-electron chi connectivity index (χ1n) is 9.35. The maximum Gasteiger partial charge on any atom is 0.150 e. The summed E-state index contributed by atoms with van der Waals surface area (Å²) in [5, 5.41) is 11.1. The third-order valence-electron chi connectivity index (χ3n) is 4.86. The van der Waals surface area contributed by atoms with E-state index in [2.05, 4.69) is 15.3 Å². The molecule has 8 nitrogen and oxygen atoms in total. The Balaban J connectivity index is 2.05. The van der Waals surface area contributed by atoms with Crippen LogP contribution < -0.4 is 15.8 Å². The number of nitrogens with two attached hydrogens (primary N) is 1. The molecule has 0 fully saturated rings. The minimum atomic E-state index is -1.25. The Morgan fingerprint density at radius 3 is 2.90 bits per heavy atom. The molecule has 0 bridgehead atoms. The molecule has 3 rings (SSSR count). The second kappa shape index (κ2) is 9.23. The SMILES string of the molecule is CC(=N)c1c(N)ncnc1NC(C)c1cc(Cl)c(F)c2c1OCCCN(S(C)=O)C2. The van der Waals surface area contributed by atoms with Crippen molar-refractivity contribution >= 4 is 39.9 Å². The summed E-state index contributed by atoms with van der Waals surface area (Å²) < 4.78 is 34.6. The van der Waals surface area contributed by atoms with Gasteiger partial charge in [0.2, 0.25) is 0 Å². The van der Waals surface area contributed by atoms with Crippen molar-refractivity contribution < 1.29 is 13.3 Å². The smallest absolute Gasteiger partial charge is 0.150 e. The molecule has 2 aromatic rings. The molecule has 1 aliphatic heterocycles. The average Bonchev–Trinajstić information content (AvgIpc) is 2.64. The molecule has 0 amide bonds. The second-order valence-electron chi connectivity index (χ2n) is 7.03. The third kappa shape index (κ3) is 4.55. The van der Waals surface area contributed by atoms with Gasteiger partial charge in [0.1, 0.15) is 29.5 Å². The maximum absolute atomic E-state index is 14.9. The van der Waals surface area contributed by atoms with Gasteiger partial charge in [-0.25, -0.2) is 22.9 Å². The Morgan fingerprint density at radius 2 is 2.23 bits per heavy atom. The van der Waals surface area contributed by atoms with Gasteiger partial charge in [0.25, 0.3) is 0 Å². The Labute approximate surface area is 182 Å². The molecule has 2 atom stereocenters. The number of nitrogens with zero attached hydrogens (tertiary/aromatic N) is 3. The number of hydrogen-bond donors (Lipinski definition) is 3. The molecule has 4 N–H and O–H groups in total. The van der Waals surface area contributed by atoms with Gasteiger partial charge in [-0.05, 0) is 26.3 Å². The lowest BCUT2D eigenvalue weighted by Gasteiger charge is -2.28. The van der Waals surface area contributed by atoms with Crippen LogP contribution in [0.3, 0.4) is 0 Å². The number of fused-ring (bicyclic) bond motifs is 1. The Bertz CT molecular complexity index is 1010. The number of anilines is 2. The van der Waals surface area contributed by atoms with Crippen LogP contribution >= 0.6 is 11.6 Å². The predicted octanol–water partition coefficient (Wildman–Crippen LogP) is 3.29. The molecule has 162 valence electrons. The van der Waals surface area contributed by atoms with E-state index >= 15 is 0 Å². The fourth-order valence-electron chi connectivity index (χ4n) is 3.37. The van der Waals surface area contributed by atoms with Crippen LogP contribution in [-0.4, -0.2) is 43.6 Å². The first-order chi connectivity index (χ1) is 14.2. The molecule has 0 saturated heterocycles. The molecule has 1 aromatic heterocycles. The maximum atomic E-state index is 14.9. The fourth-order valence-corrected chi connectivity index (χ4v) is 4.30. The van der Waals surface area contributed by atoms with Gasteiger partial charge in [0, 0.05) is 36.2 Å². The first kappa shape index (κ1) is 22.4. The van der Waals surface area contributed by atoms with Gasteiger partial charge in [-0.1, -0.05) is 11.6 Å². The lowest BCUT2D eigenvalue weighted by molar-refractivity contribution is 0.262. The molecule has 1 aromatic carbocycles. The van der Waals surface area contributed by atoms with Crippen LogP contribution in [0, 0.1) is 11.2 Å². The normalized spacial score (nSPS) is 16.6. The van der Waals surface area contributed by atoms with Gasteiger partial charge in [0.05, 0.1) is 34.2 Å². The molecule has 0 saturated carbocycles. The molecule has 11 heteroatoms. The van der Waals surface area contributed by atoms with E-state index in [0.717, 1.165) is 0 Å². The van der Waals surface area contributed by atoms with Crippen molar-refractivity contribution in [2.24, 2.45) is 0 Å². The van der Waals surface area contributed by atoms with Crippen molar-refractivity contribution in [1.29, 1.82) is 5.41 Å². The summed E-state index contributed by atoms with van der Waals surface area (Å²) in [6, 6.07) is 1.12. The summed E-state index contributed by atoms with van der Waals surface area (Å²) in [6.07, 6.45) is 3.53. The van der Waals surface area contributed by atoms with Crippen molar-refractivity contribution in [2.45, 2.75) is 32.9 Å². The topological polar surface area (TPSA) is 117 Å². The minimum absolute atomic E-state index is 0.0472. The number of aromatic nitrogens is 2. The Kier molecular flexibility index (Phi) is 6.89. The fraction of sp³-hybridized carbons (Fsp3) is 0.421. The number of rotatable bonds is 5. The van der Waals surface area contributed by atoms with E-state index < -0.39 is 22.8 Å².